The molecule has 3 N–H and O–H groups in total. The van der Waals surface area contributed by atoms with E-state index in [1.807, 2.05) is 48.7 Å². The van der Waals surface area contributed by atoms with E-state index in [9.17, 15) is 9.59 Å². The van der Waals surface area contributed by atoms with Gasteiger partial charge in [-0.1, -0.05) is 77.3 Å². The molecule has 0 spiro atoms. The van der Waals surface area contributed by atoms with Crippen molar-refractivity contribution in [3.05, 3.63) is 71.4 Å². The van der Waals surface area contributed by atoms with Gasteiger partial charge in [0.15, 0.2) is 5.60 Å². The third-order valence-electron chi connectivity index (χ3n) is 6.57. The minimum atomic E-state index is -1.85. The van der Waals surface area contributed by atoms with Crippen molar-refractivity contribution in [2.45, 2.75) is 61.0 Å². The number of aromatic amines is 1. The van der Waals surface area contributed by atoms with Gasteiger partial charge in [0.1, 0.15) is 5.54 Å². The zero-order valence-corrected chi connectivity index (χ0v) is 22.0. The molecule has 0 aliphatic heterocycles. The first kappa shape index (κ1) is 25.7. The quantitative estimate of drug-likeness (QED) is 0.331. The number of carbonyl (C=O) groups is 2. The van der Waals surface area contributed by atoms with E-state index >= 15 is 0 Å². The van der Waals surface area contributed by atoms with Crippen molar-refractivity contribution >= 4 is 57.7 Å². The van der Waals surface area contributed by atoms with Crippen molar-refractivity contribution in [1.29, 1.82) is 0 Å². The lowest BCUT2D eigenvalue weighted by Gasteiger charge is -2.35. The molecular weight excluding hydrogens is 509 g/mol. The first-order valence-electron chi connectivity index (χ1n) is 11.4. The zero-order valence-electron chi connectivity index (χ0n) is 19.8. The number of H-pyrrole nitrogens is 1. The Hall–Kier alpha value is -2.41. The van der Waals surface area contributed by atoms with Crippen LogP contribution in [0.2, 0.25) is 0 Å². The highest BCUT2D eigenvalue weighted by atomic mass is 35.6. The molecule has 3 aromatic rings. The van der Waals surface area contributed by atoms with E-state index in [4.69, 9.17) is 39.5 Å². The summed E-state index contributed by atoms with van der Waals surface area (Å²) in [6.45, 7) is 4.66. The molecule has 2 aromatic carbocycles. The maximum atomic E-state index is 13.7. The standard InChI is InChI=1S/C26H28Cl3N3O3/c1-24(2,26(27,28)29)35-23(34)32-25(3,14-17-15-30-20-11-7-6-10-19(17)20)22(33)31-21-13-12-16-8-4-5-9-18(16)21/h4-11,15,21,30H,12-14H2,1-3H3,(H,31,33)(H,32,34). The largest absolute Gasteiger partial charge is 0.439 e. The summed E-state index contributed by atoms with van der Waals surface area (Å²) in [6, 6.07) is 15.7. The van der Waals surface area contributed by atoms with Crippen LogP contribution in [0.15, 0.2) is 54.7 Å². The second-order valence-electron chi connectivity index (χ2n) is 9.65. The number of halogens is 3. The third kappa shape index (κ3) is 5.40. The van der Waals surface area contributed by atoms with E-state index in [0.717, 1.165) is 34.9 Å². The number of fused-ring (bicyclic) bond motifs is 2. The van der Waals surface area contributed by atoms with E-state index in [1.54, 1.807) is 6.92 Å². The van der Waals surface area contributed by atoms with Crippen molar-refractivity contribution in [3.63, 3.8) is 0 Å². The maximum Gasteiger partial charge on any atom is 0.408 e. The van der Waals surface area contributed by atoms with Crippen LogP contribution in [0.1, 0.15) is 49.9 Å². The van der Waals surface area contributed by atoms with Crippen molar-refractivity contribution in [2.24, 2.45) is 0 Å². The lowest BCUT2D eigenvalue weighted by Crippen LogP contribution is -2.60. The number of ether oxygens (including phenoxy) is 1. The fraction of sp³-hybridized carbons (Fsp3) is 0.385. The van der Waals surface area contributed by atoms with Gasteiger partial charge >= 0.3 is 6.09 Å². The number of alkyl carbamates (subject to hydrolysis) is 1. The molecule has 1 aromatic heterocycles. The monoisotopic (exact) mass is 535 g/mol. The van der Waals surface area contributed by atoms with Gasteiger partial charge < -0.3 is 20.4 Å². The summed E-state index contributed by atoms with van der Waals surface area (Å²) in [5.41, 5.74) is 1.36. The number of carbonyl (C=O) groups excluding carboxylic acids is 2. The number of nitrogens with one attached hydrogen (secondary N) is 3. The molecule has 1 aliphatic rings. The predicted octanol–water partition coefficient (Wildman–Crippen LogP) is 6.15. The summed E-state index contributed by atoms with van der Waals surface area (Å²) >= 11 is 18.0. The Bertz CT molecular complexity index is 1250. The van der Waals surface area contributed by atoms with Gasteiger partial charge in [0, 0.05) is 23.5 Å². The van der Waals surface area contributed by atoms with Crippen LogP contribution in [-0.2, 0) is 22.4 Å². The molecule has 4 rings (SSSR count). The number of aryl methyl sites for hydroxylation is 1. The normalized spacial score (nSPS) is 17.5. The number of para-hydroxylation sites is 1. The van der Waals surface area contributed by atoms with E-state index in [2.05, 4.69) is 21.7 Å². The van der Waals surface area contributed by atoms with E-state index in [-0.39, 0.29) is 18.4 Å². The number of amides is 2. The van der Waals surface area contributed by atoms with Crippen LogP contribution in [0.25, 0.3) is 10.9 Å². The Morgan fingerprint density at radius 3 is 2.49 bits per heavy atom. The second kappa shape index (κ2) is 9.57. The molecule has 1 heterocycles. The van der Waals surface area contributed by atoms with Crippen molar-refractivity contribution in [2.75, 3.05) is 0 Å². The Morgan fingerprint density at radius 2 is 1.74 bits per heavy atom. The van der Waals surface area contributed by atoms with Gasteiger partial charge in [-0.05, 0) is 56.4 Å². The van der Waals surface area contributed by atoms with E-state index < -0.39 is 21.0 Å². The van der Waals surface area contributed by atoms with Crippen molar-refractivity contribution < 1.29 is 14.3 Å². The van der Waals surface area contributed by atoms with Crippen molar-refractivity contribution in [3.8, 4) is 0 Å². The molecular formula is C26H28Cl3N3O3. The molecule has 6 nitrogen and oxygen atoms in total. The van der Waals surface area contributed by atoms with Crippen LogP contribution in [0, 0.1) is 0 Å². The Kier molecular flexibility index (Phi) is 7.02. The second-order valence-corrected chi connectivity index (χ2v) is 11.9. The van der Waals surface area contributed by atoms with Crippen LogP contribution in [0.5, 0.6) is 0 Å². The molecule has 35 heavy (non-hydrogen) atoms. The summed E-state index contributed by atoms with van der Waals surface area (Å²) in [7, 11) is 0. The first-order valence-corrected chi connectivity index (χ1v) is 12.5. The average Bonchev–Trinajstić information content (AvgIpc) is 3.37. The summed E-state index contributed by atoms with van der Waals surface area (Å²) in [5, 5.41) is 6.86. The molecule has 0 saturated heterocycles. The molecule has 186 valence electrons. The van der Waals surface area contributed by atoms with Crippen molar-refractivity contribution in [1.82, 2.24) is 15.6 Å². The fourth-order valence-electron chi connectivity index (χ4n) is 4.40. The third-order valence-corrected chi connectivity index (χ3v) is 7.93. The summed E-state index contributed by atoms with van der Waals surface area (Å²) in [6.07, 6.45) is 2.89. The highest BCUT2D eigenvalue weighted by Gasteiger charge is 2.46. The molecule has 2 atom stereocenters. The Morgan fingerprint density at radius 1 is 1.06 bits per heavy atom. The van der Waals surface area contributed by atoms with Gasteiger partial charge in [0.05, 0.1) is 6.04 Å². The average molecular weight is 537 g/mol. The highest BCUT2D eigenvalue weighted by molar-refractivity contribution is 6.68. The fourth-order valence-corrected chi connectivity index (χ4v) is 4.52. The molecule has 0 bridgehead atoms. The van der Waals surface area contributed by atoms with Gasteiger partial charge in [-0.2, -0.15) is 0 Å². The van der Waals surface area contributed by atoms with Crippen LogP contribution in [0.3, 0.4) is 0 Å². The van der Waals surface area contributed by atoms with Gasteiger partial charge in [-0.3, -0.25) is 4.79 Å². The number of aromatic nitrogens is 1. The zero-order chi connectivity index (χ0) is 25.4. The number of hydrogen-bond donors (Lipinski definition) is 3. The maximum absolute atomic E-state index is 13.7. The van der Waals surface area contributed by atoms with Gasteiger partial charge in [0.25, 0.3) is 0 Å². The number of alkyl halides is 3. The van der Waals surface area contributed by atoms with E-state index in [1.165, 1.54) is 19.4 Å². The molecule has 2 unspecified atom stereocenters. The van der Waals surface area contributed by atoms with Gasteiger partial charge in [-0.25, -0.2) is 4.79 Å². The molecule has 2 amide bonds. The van der Waals surface area contributed by atoms with E-state index in [0.29, 0.717) is 0 Å². The van der Waals surface area contributed by atoms with Crippen LogP contribution >= 0.6 is 34.8 Å². The number of rotatable bonds is 6. The summed E-state index contributed by atoms with van der Waals surface area (Å²) in [4.78, 5) is 29.9. The minimum Gasteiger partial charge on any atom is -0.439 e. The summed E-state index contributed by atoms with van der Waals surface area (Å²) < 4.78 is 3.59. The van der Waals surface area contributed by atoms with Crippen LogP contribution in [0.4, 0.5) is 4.79 Å². The number of benzene rings is 2. The molecule has 9 heteroatoms. The predicted molar refractivity (Wildman–Crippen MR) is 140 cm³/mol. The van der Waals surface area contributed by atoms with Crippen LogP contribution < -0.4 is 10.6 Å². The molecule has 1 aliphatic carbocycles. The number of hydrogen-bond acceptors (Lipinski definition) is 3. The Balaban J connectivity index is 1.61. The topological polar surface area (TPSA) is 83.2 Å². The smallest absolute Gasteiger partial charge is 0.408 e. The molecule has 0 radical (unpaired) electrons. The SMILES string of the molecule is CC(Cc1c[nH]c2ccccc12)(NC(=O)OC(C)(C)C(Cl)(Cl)Cl)C(=O)NC1CCc2ccccc21. The lowest BCUT2D eigenvalue weighted by atomic mass is 9.91. The summed E-state index contributed by atoms with van der Waals surface area (Å²) in [5.74, 6) is -0.326. The first-order chi connectivity index (χ1) is 16.4. The van der Waals surface area contributed by atoms with Crippen LogP contribution in [-0.4, -0.2) is 31.9 Å². The molecule has 0 fully saturated rings. The molecule has 0 saturated carbocycles. The van der Waals surface area contributed by atoms with Gasteiger partial charge in [0.2, 0.25) is 9.70 Å². The lowest BCUT2D eigenvalue weighted by molar-refractivity contribution is -0.127. The highest BCUT2D eigenvalue weighted by Crippen LogP contribution is 2.40. The minimum absolute atomic E-state index is 0.142. The Labute approximate surface area is 219 Å². The van der Waals surface area contributed by atoms with Gasteiger partial charge in [-0.15, -0.1) is 0 Å².